The van der Waals surface area contributed by atoms with Crippen molar-refractivity contribution in [3.63, 3.8) is 0 Å². The molecular formula is C14H18INO7S. The SMILES string of the molecule is COc1cc(C(C)OC)c([N+](=O)[O-])cc1OCCCC(=O)OSI. The van der Waals surface area contributed by atoms with Crippen LogP contribution in [-0.2, 0) is 13.7 Å². The van der Waals surface area contributed by atoms with Crippen molar-refractivity contribution in [3.8, 4) is 11.5 Å². The van der Waals surface area contributed by atoms with Gasteiger partial charge in [0, 0.05) is 34.7 Å². The Labute approximate surface area is 156 Å². The molecule has 0 saturated carbocycles. The van der Waals surface area contributed by atoms with Crippen molar-refractivity contribution in [3.05, 3.63) is 27.8 Å². The van der Waals surface area contributed by atoms with Gasteiger partial charge in [-0.3, -0.25) is 14.9 Å². The highest BCUT2D eigenvalue weighted by Crippen LogP contribution is 2.38. The minimum Gasteiger partial charge on any atom is -0.493 e. The summed E-state index contributed by atoms with van der Waals surface area (Å²) in [4.78, 5) is 22.0. The smallest absolute Gasteiger partial charge is 0.318 e. The normalized spacial score (nSPS) is 11.7. The Morgan fingerprint density at radius 1 is 1.38 bits per heavy atom. The molecule has 10 heteroatoms. The molecule has 1 atom stereocenters. The number of methoxy groups -OCH3 is 2. The quantitative estimate of drug-likeness (QED) is 0.166. The maximum Gasteiger partial charge on any atom is 0.318 e. The molecule has 0 aliphatic rings. The molecule has 0 heterocycles. The second-order valence-electron chi connectivity index (χ2n) is 4.67. The van der Waals surface area contributed by atoms with E-state index in [0.717, 1.165) is 9.21 Å². The lowest BCUT2D eigenvalue weighted by atomic mass is 10.1. The Kier molecular flexibility index (Phi) is 9.14. The molecule has 0 aliphatic heterocycles. The summed E-state index contributed by atoms with van der Waals surface area (Å²) in [5.41, 5.74) is 0.287. The lowest BCUT2D eigenvalue weighted by Gasteiger charge is -2.15. The summed E-state index contributed by atoms with van der Waals surface area (Å²) in [6.07, 6.45) is 0.150. The van der Waals surface area contributed by atoms with Crippen molar-refractivity contribution in [2.24, 2.45) is 0 Å². The summed E-state index contributed by atoms with van der Waals surface area (Å²) in [6, 6.07) is 2.84. The number of benzene rings is 1. The van der Waals surface area contributed by atoms with Gasteiger partial charge < -0.3 is 18.4 Å². The Hall–Kier alpha value is -1.27. The van der Waals surface area contributed by atoms with E-state index in [0.29, 0.717) is 17.7 Å². The van der Waals surface area contributed by atoms with Crippen LogP contribution in [0.1, 0.15) is 31.4 Å². The van der Waals surface area contributed by atoms with Crippen LogP contribution in [0.2, 0.25) is 0 Å². The van der Waals surface area contributed by atoms with E-state index in [2.05, 4.69) is 0 Å². The molecule has 0 aromatic heterocycles. The van der Waals surface area contributed by atoms with Gasteiger partial charge in [-0.25, -0.2) is 0 Å². The fourth-order valence-corrected chi connectivity index (χ4v) is 2.68. The van der Waals surface area contributed by atoms with Crippen molar-refractivity contribution in [1.29, 1.82) is 0 Å². The first kappa shape index (κ1) is 20.8. The summed E-state index contributed by atoms with van der Waals surface area (Å²) in [6.45, 7) is 1.91. The number of halogens is 1. The number of nitrogens with zero attached hydrogens (tertiary/aromatic N) is 1. The van der Waals surface area contributed by atoms with Crippen molar-refractivity contribution >= 4 is 42.1 Å². The number of nitro groups is 1. The summed E-state index contributed by atoms with van der Waals surface area (Å²) in [7, 11) is 3.87. The van der Waals surface area contributed by atoms with Gasteiger partial charge in [-0.15, -0.1) is 0 Å². The predicted octanol–water partition coefficient (Wildman–Crippen LogP) is 4.01. The largest absolute Gasteiger partial charge is 0.493 e. The van der Waals surface area contributed by atoms with Crippen molar-refractivity contribution < 1.29 is 28.1 Å². The Bertz CT molecular complexity index is 584. The number of rotatable bonds is 10. The van der Waals surface area contributed by atoms with Crippen LogP contribution in [-0.4, -0.2) is 31.7 Å². The molecule has 0 spiro atoms. The average molecular weight is 471 g/mol. The molecule has 0 fully saturated rings. The van der Waals surface area contributed by atoms with Gasteiger partial charge in [0.2, 0.25) is 0 Å². The molecule has 24 heavy (non-hydrogen) atoms. The molecule has 0 bridgehead atoms. The van der Waals surface area contributed by atoms with Crippen LogP contribution in [0.15, 0.2) is 12.1 Å². The fraction of sp³-hybridized carbons (Fsp3) is 0.500. The summed E-state index contributed by atoms with van der Waals surface area (Å²) in [5.74, 6) is 0.262. The van der Waals surface area contributed by atoms with E-state index in [1.165, 1.54) is 26.4 Å². The van der Waals surface area contributed by atoms with Gasteiger partial charge in [-0.05, 0) is 19.4 Å². The van der Waals surface area contributed by atoms with Crippen LogP contribution in [0, 0.1) is 10.1 Å². The highest BCUT2D eigenvalue weighted by molar-refractivity contribution is 14.2. The third-order valence-electron chi connectivity index (χ3n) is 3.21. The van der Waals surface area contributed by atoms with E-state index in [1.807, 2.05) is 21.2 Å². The highest BCUT2D eigenvalue weighted by Gasteiger charge is 2.23. The monoisotopic (exact) mass is 471 g/mol. The third kappa shape index (κ3) is 5.98. The second-order valence-corrected chi connectivity index (χ2v) is 6.04. The lowest BCUT2D eigenvalue weighted by molar-refractivity contribution is -0.386. The zero-order chi connectivity index (χ0) is 18.1. The van der Waals surface area contributed by atoms with Crippen molar-refractivity contribution in [1.82, 2.24) is 0 Å². The number of ether oxygens (including phenoxy) is 3. The zero-order valence-electron chi connectivity index (χ0n) is 13.4. The number of carbonyl (C=O) groups is 1. The summed E-state index contributed by atoms with van der Waals surface area (Å²) in [5, 5.41) is 11.3. The van der Waals surface area contributed by atoms with Gasteiger partial charge in [-0.2, -0.15) is 0 Å². The average Bonchev–Trinajstić information content (AvgIpc) is 2.57. The standard InChI is InChI=1S/C14H18INO7S/c1-9(20-2)10-7-12(21-3)13(8-11(10)16(18)19)22-6-4-5-14(17)23-24-15/h7-9H,4-6H2,1-3H3. The van der Waals surface area contributed by atoms with Crippen molar-refractivity contribution in [2.45, 2.75) is 25.9 Å². The molecule has 1 aromatic rings. The highest BCUT2D eigenvalue weighted by atomic mass is 127. The van der Waals surface area contributed by atoms with Crippen LogP contribution >= 0.6 is 30.4 Å². The van der Waals surface area contributed by atoms with E-state index in [1.54, 1.807) is 6.92 Å². The van der Waals surface area contributed by atoms with Gasteiger partial charge in [-0.1, -0.05) is 0 Å². The Balaban J connectivity index is 2.88. The Morgan fingerprint density at radius 3 is 2.62 bits per heavy atom. The van der Waals surface area contributed by atoms with E-state index in [-0.39, 0.29) is 30.4 Å². The number of nitro benzene ring substituents is 1. The molecule has 0 saturated heterocycles. The molecule has 0 amide bonds. The van der Waals surface area contributed by atoms with Crippen LogP contribution in [0.5, 0.6) is 11.5 Å². The first-order valence-electron chi connectivity index (χ1n) is 6.94. The predicted molar refractivity (Wildman–Crippen MR) is 97.5 cm³/mol. The maximum absolute atomic E-state index is 11.3. The van der Waals surface area contributed by atoms with Crippen molar-refractivity contribution in [2.75, 3.05) is 20.8 Å². The van der Waals surface area contributed by atoms with Gasteiger partial charge in [0.05, 0.1) is 36.4 Å². The van der Waals surface area contributed by atoms with E-state index in [9.17, 15) is 14.9 Å². The van der Waals surface area contributed by atoms with E-state index < -0.39 is 11.0 Å². The molecule has 0 radical (unpaired) electrons. The fourth-order valence-electron chi connectivity index (χ4n) is 1.92. The first-order chi connectivity index (χ1) is 11.4. The van der Waals surface area contributed by atoms with E-state index in [4.69, 9.17) is 18.4 Å². The molecular weight excluding hydrogens is 453 g/mol. The molecule has 1 unspecified atom stereocenters. The Morgan fingerprint density at radius 2 is 2.08 bits per heavy atom. The molecule has 0 N–H and O–H groups in total. The van der Waals surface area contributed by atoms with Gasteiger partial charge in [0.1, 0.15) is 9.21 Å². The second kappa shape index (κ2) is 10.6. The van der Waals surface area contributed by atoms with Crippen LogP contribution in [0.25, 0.3) is 0 Å². The molecule has 1 aromatic carbocycles. The number of carbonyl (C=O) groups excluding carboxylic acids is 1. The third-order valence-corrected chi connectivity index (χ3v) is 4.00. The van der Waals surface area contributed by atoms with Gasteiger partial charge in [0.25, 0.3) is 5.69 Å². The first-order valence-corrected chi connectivity index (χ1v) is 10.2. The van der Waals surface area contributed by atoms with Crippen LogP contribution in [0.4, 0.5) is 5.69 Å². The molecule has 1 rings (SSSR count). The van der Waals surface area contributed by atoms with Crippen LogP contribution in [0.3, 0.4) is 0 Å². The van der Waals surface area contributed by atoms with Gasteiger partial charge >= 0.3 is 5.97 Å². The summed E-state index contributed by atoms with van der Waals surface area (Å²) >= 11 is 1.86. The summed E-state index contributed by atoms with van der Waals surface area (Å²) < 4.78 is 20.6. The van der Waals surface area contributed by atoms with Gasteiger partial charge in [0.15, 0.2) is 11.5 Å². The minimum absolute atomic E-state index is 0.110. The number of hydrogen-bond donors (Lipinski definition) is 0. The molecule has 0 aliphatic carbocycles. The zero-order valence-corrected chi connectivity index (χ0v) is 16.4. The molecule has 134 valence electrons. The van der Waals surface area contributed by atoms with Crippen LogP contribution < -0.4 is 9.47 Å². The molecule has 8 nitrogen and oxygen atoms in total. The van der Waals surface area contributed by atoms with E-state index >= 15 is 0 Å². The lowest BCUT2D eigenvalue weighted by Crippen LogP contribution is -2.07. The number of hydrogen-bond acceptors (Lipinski definition) is 8. The topological polar surface area (TPSA) is 97.1 Å². The maximum atomic E-state index is 11.3. The minimum atomic E-state index is -0.494.